The molecule has 5 nitrogen and oxygen atoms in total. The molecule has 0 N–H and O–H groups in total. The van der Waals surface area contributed by atoms with Gasteiger partial charge in [0.05, 0.1) is 27.0 Å². The van der Waals surface area contributed by atoms with Crippen LogP contribution in [-0.2, 0) is 0 Å². The SMILES string of the molecule is COc1ccc(-c2c(C)nnc(Cl)c2-c2cc(OC)cc(OC)c2)cc1. The van der Waals surface area contributed by atoms with Crippen molar-refractivity contribution in [3.63, 3.8) is 0 Å². The van der Waals surface area contributed by atoms with Crippen molar-refractivity contribution < 1.29 is 14.2 Å². The van der Waals surface area contributed by atoms with Crippen molar-refractivity contribution in [3.8, 4) is 39.5 Å². The molecule has 0 aliphatic carbocycles. The molecule has 0 saturated heterocycles. The average molecular weight is 371 g/mol. The Balaban J connectivity index is 2.26. The molecule has 3 rings (SSSR count). The van der Waals surface area contributed by atoms with E-state index in [0.717, 1.165) is 33.7 Å². The fraction of sp³-hybridized carbons (Fsp3) is 0.200. The Labute approximate surface area is 157 Å². The van der Waals surface area contributed by atoms with Crippen LogP contribution in [0.25, 0.3) is 22.3 Å². The summed E-state index contributed by atoms with van der Waals surface area (Å²) >= 11 is 6.46. The van der Waals surface area contributed by atoms with E-state index < -0.39 is 0 Å². The normalized spacial score (nSPS) is 10.5. The summed E-state index contributed by atoms with van der Waals surface area (Å²) in [5.74, 6) is 2.13. The highest BCUT2D eigenvalue weighted by Gasteiger charge is 2.18. The van der Waals surface area contributed by atoms with Gasteiger partial charge in [0.1, 0.15) is 17.2 Å². The van der Waals surface area contributed by atoms with E-state index in [1.54, 1.807) is 21.3 Å². The molecule has 6 heteroatoms. The first-order valence-corrected chi connectivity index (χ1v) is 8.35. The molecule has 0 radical (unpaired) electrons. The van der Waals surface area contributed by atoms with Gasteiger partial charge in [0.25, 0.3) is 0 Å². The van der Waals surface area contributed by atoms with Crippen molar-refractivity contribution in [1.29, 1.82) is 0 Å². The minimum atomic E-state index is 0.316. The Morgan fingerprint density at radius 1 is 0.692 bits per heavy atom. The van der Waals surface area contributed by atoms with E-state index >= 15 is 0 Å². The molecule has 0 aliphatic rings. The lowest BCUT2D eigenvalue weighted by Crippen LogP contribution is -1.98. The van der Waals surface area contributed by atoms with E-state index in [1.807, 2.05) is 49.4 Å². The van der Waals surface area contributed by atoms with Crippen molar-refractivity contribution in [2.45, 2.75) is 6.92 Å². The average Bonchev–Trinajstić information content (AvgIpc) is 2.69. The minimum Gasteiger partial charge on any atom is -0.497 e. The van der Waals surface area contributed by atoms with Crippen molar-refractivity contribution in [2.24, 2.45) is 0 Å². The topological polar surface area (TPSA) is 53.5 Å². The molecular weight excluding hydrogens is 352 g/mol. The predicted molar refractivity (Wildman–Crippen MR) is 102 cm³/mol. The van der Waals surface area contributed by atoms with Crippen LogP contribution in [0.3, 0.4) is 0 Å². The molecule has 0 spiro atoms. The van der Waals surface area contributed by atoms with Crippen molar-refractivity contribution in [3.05, 3.63) is 53.3 Å². The lowest BCUT2D eigenvalue weighted by Gasteiger charge is -2.15. The molecular formula is C20H19ClN2O3. The summed E-state index contributed by atoms with van der Waals surface area (Å²) in [4.78, 5) is 0. The van der Waals surface area contributed by atoms with Gasteiger partial charge in [-0.2, -0.15) is 5.10 Å². The Bertz CT molecular complexity index is 905. The number of methoxy groups -OCH3 is 3. The smallest absolute Gasteiger partial charge is 0.160 e. The van der Waals surface area contributed by atoms with Crippen molar-refractivity contribution in [1.82, 2.24) is 10.2 Å². The number of ether oxygens (including phenoxy) is 3. The maximum atomic E-state index is 6.46. The fourth-order valence-electron chi connectivity index (χ4n) is 2.83. The number of benzene rings is 2. The lowest BCUT2D eigenvalue weighted by molar-refractivity contribution is 0.394. The van der Waals surface area contributed by atoms with Crippen LogP contribution < -0.4 is 14.2 Å². The maximum absolute atomic E-state index is 6.46. The van der Waals surface area contributed by atoms with Crippen LogP contribution in [0.4, 0.5) is 0 Å². The Kier molecular flexibility index (Phi) is 5.28. The molecule has 1 aromatic heterocycles. The minimum absolute atomic E-state index is 0.316. The van der Waals surface area contributed by atoms with E-state index in [2.05, 4.69) is 10.2 Å². The van der Waals surface area contributed by atoms with Crippen LogP contribution in [0.1, 0.15) is 5.69 Å². The molecule has 3 aromatic rings. The summed E-state index contributed by atoms with van der Waals surface area (Å²) in [7, 11) is 4.86. The van der Waals surface area contributed by atoms with Crippen molar-refractivity contribution >= 4 is 11.6 Å². The van der Waals surface area contributed by atoms with Gasteiger partial charge in [0.15, 0.2) is 5.15 Å². The maximum Gasteiger partial charge on any atom is 0.160 e. The van der Waals surface area contributed by atoms with Gasteiger partial charge in [-0.05, 0) is 42.3 Å². The Hall–Kier alpha value is -2.79. The number of hydrogen-bond acceptors (Lipinski definition) is 5. The van der Waals surface area contributed by atoms with Gasteiger partial charge in [-0.15, -0.1) is 5.10 Å². The van der Waals surface area contributed by atoms with Gasteiger partial charge >= 0.3 is 0 Å². The third kappa shape index (κ3) is 3.44. The van der Waals surface area contributed by atoms with Gasteiger partial charge < -0.3 is 14.2 Å². The molecule has 0 amide bonds. The summed E-state index contributed by atoms with van der Waals surface area (Å²) in [6, 6.07) is 13.4. The van der Waals surface area contributed by atoms with E-state index in [4.69, 9.17) is 25.8 Å². The first-order chi connectivity index (χ1) is 12.6. The quantitative estimate of drug-likeness (QED) is 0.645. The standard InChI is InChI=1S/C20H19ClN2O3/c1-12-18(13-5-7-15(24-2)8-6-13)19(20(21)23-22-12)14-9-16(25-3)11-17(10-14)26-4/h5-11H,1-4H3. The molecule has 2 aromatic carbocycles. The first-order valence-electron chi connectivity index (χ1n) is 7.98. The van der Waals surface area contributed by atoms with Crippen molar-refractivity contribution in [2.75, 3.05) is 21.3 Å². The van der Waals surface area contributed by atoms with Crippen LogP contribution >= 0.6 is 11.6 Å². The molecule has 0 aliphatic heterocycles. The van der Waals surface area contributed by atoms with Gasteiger partial charge in [-0.25, -0.2) is 0 Å². The highest BCUT2D eigenvalue weighted by Crippen LogP contribution is 2.40. The zero-order valence-corrected chi connectivity index (χ0v) is 15.8. The van der Waals surface area contributed by atoms with Crippen LogP contribution in [0, 0.1) is 6.92 Å². The molecule has 1 heterocycles. The summed E-state index contributed by atoms with van der Waals surface area (Å²) in [5, 5.41) is 8.60. The Morgan fingerprint density at radius 3 is 1.81 bits per heavy atom. The second kappa shape index (κ2) is 7.62. The number of rotatable bonds is 5. The van der Waals surface area contributed by atoms with Gasteiger partial charge in [0.2, 0.25) is 0 Å². The van der Waals surface area contributed by atoms with Crippen LogP contribution in [0.5, 0.6) is 17.2 Å². The highest BCUT2D eigenvalue weighted by atomic mass is 35.5. The fourth-order valence-corrected chi connectivity index (χ4v) is 3.07. The number of hydrogen-bond donors (Lipinski definition) is 0. The van der Waals surface area contributed by atoms with Gasteiger partial charge in [-0.3, -0.25) is 0 Å². The number of aromatic nitrogens is 2. The largest absolute Gasteiger partial charge is 0.497 e. The molecule has 0 unspecified atom stereocenters. The molecule has 0 atom stereocenters. The zero-order valence-electron chi connectivity index (χ0n) is 15.0. The Morgan fingerprint density at radius 2 is 1.27 bits per heavy atom. The van der Waals surface area contributed by atoms with E-state index in [1.165, 1.54) is 0 Å². The second-order valence-corrected chi connectivity index (χ2v) is 6.01. The second-order valence-electron chi connectivity index (χ2n) is 5.66. The zero-order chi connectivity index (χ0) is 18.7. The molecule has 26 heavy (non-hydrogen) atoms. The van der Waals surface area contributed by atoms with E-state index in [-0.39, 0.29) is 0 Å². The summed E-state index contributed by atoms with van der Waals surface area (Å²) < 4.78 is 16.0. The highest BCUT2D eigenvalue weighted by molar-refractivity contribution is 6.32. The summed E-state index contributed by atoms with van der Waals surface area (Å²) in [5.41, 5.74) is 4.27. The summed E-state index contributed by atoms with van der Waals surface area (Å²) in [6.45, 7) is 1.91. The molecule has 134 valence electrons. The first kappa shape index (κ1) is 18.0. The number of halogens is 1. The molecule has 0 fully saturated rings. The molecule has 0 bridgehead atoms. The van der Waals surface area contributed by atoms with Crippen LogP contribution in [0.15, 0.2) is 42.5 Å². The predicted octanol–water partition coefficient (Wildman–Crippen LogP) is 4.80. The lowest BCUT2D eigenvalue weighted by atomic mass is 9.94. The summed E-state index contributed by atoms with van der Waals surface area (Å²) in [6.07, 6.45) is 0. The third-order valence-corrected chi connectivity index (χ3v) is 4.39. The van der Waals surface area contributed by atoms with E-state index in [9.17, 15) is 0 Å². The molecule has 0 saturated carbocycles. The van der Waals surface area contributed by atoms with Gasteiger partial charge in [0, 0.05) is 17.2 Å². The number of aryl methyl sites for hydroxylation is 1. The van der Waals surface area contributed by atoms with Gasteiger partial charge in [-0.1, -0.05) is 23.7 Å². The monoisotopic (exact) mass is 370 g/mol. The number of nitrogens with zero attached hydrogens (tertiary/aromatic N) is 2. The van der Waals surface area contributed by atoms with E-state index in [0.29, 0.717) is 16.7 Å². The van der Waals surface area contributed by atoms with Crippen LogP contribution in [-0.4, -0.2) is 31.5 Å². The third-order valence-electron chi connectivity index (χ3n) is 4.12. The van der Waals surface area contributed by atoms with Crippen LogP contribution in [0.2, 0.25) is 5.15 Å².